The number of nitrogens with one attached hydrogen (secondary N) is 2. The van der Waals surface area contributed by atoms with Gasteiger partial charge in [0.15, 0.2) is 5.11 Å². The van der Waals surface area contributed by atoms with Crippen LogP contribution in [0.25, 0.3) is 0 Å². The van der Waals surface area contributed by atoms with Crippen molar-refractivity contribution >= 4 is 34.8 Å². The van der Waals surface area contributed by atoms with Crippen molar-refractivity contribution < 1.29 is 9.59 Å². The average molecular weight is 424 g/mol. The number of thiocarbonyl (C=S) groups is 1. The Morgan fingerprint density at radius 3 is 2.20 bits per heavy atom. The molecule has 4 aliphatic carbocycles. The molecule has 1 atom stereocenters. The molecule has 0 radical (unpaired) electrons. The maximum Gasteiger partial charge on any atom is 0.275 e. The highest BCUT2D eigenvalue weighted by molar-refractivity contribution is 7.80. The Labute approximate surface area is 183 Å². The largest absolute Gasteiger partial charge is 0.328 e. The van der Waals surface area contributed by atoms with Gasteiger partial charge in [0.05, 0.1) is 11.5 Å². The highest BCUT2D eigenvalue weighted by Crippen LogP contribution is 2.60. The SMILES string of the molecule is CC1=C(NC(=S)NC(=O)C23CC4CC(CC(C4)C2)C3)C(=O)N(c2ccccc2)[C@H]1C. The summed E-state index contributed by atoms with van der Waals surface area (Å²) >= 11 is 5.47. The lowest BCUT2D eigenvalue weighted by molar-refractivity contribution is -0.144. The van der Waals surface area contributed by atoms with E-state index in [0.29, 0.717) is 23.5 Å². The first-order valence-corrected chi connectivity index (χ1v) is 11.5. The van der Waals surface area contributed by atoms with Gasteiger partial charge in [-0.2, -0.15) is 0 Å². The zero-order valence-corrected chi connectivity index (χ0v) is 18.4. The fourth-order valence-corrected chi connectivity index (χ4v) is 6.91. The summed E-state index contributed by atoms with van der Waals surface area (Å²) in [6.07, 6.45) is 6.86. The van der Waals surface area contributed by atoms with Crippen molar-refractivity contribution in [1.29, 1.82) is 0 Å². The van der Waals surface area contributed by atoms with Gasteiger partial charge in [-0.1, -0.05) is 18.2 Å². The van der Waals surface area contributed by atoms with Gasteiger partial charge in [-0.3, -0.25) is 9.59 Å². The Bertz CT molecular complexity index is 904. The fraction of sp³-hybridized carbons (Fsp3) is 0.542. The number of para-hydroxylation sites is 1. The van der Waals surface area contributed by atoms with Gasteiger partial charge in [0.1, 0.15) is 5.70 Å². The van der Waals surface area contributed by atoms with Gasteiger partial charge in [-0.05, 0) is 100 Å². The predicted molar refractivity (Wildman–Crippen MR) is 121 cm³/mol. The minimum absolute atomic E-state index is 0.0516. The monoisotopic (exact) mass is 423 g/mol. The van der Waals surface area contributed by atoms with E-state index in [1.807, 2.05) is 44.2 Å². The molecule has 1 heterocycles. The van der Waals surface area contributed by atoms with Crippen LogP contribution in [0.5, 0.6) is 0 Å². The Hall–Kier alpha value is -2.21. The van der Waals surface area contributed by atoms with Gasteiger partial charge in [-0.15, -0.1) is 0 Å². The third-order valence-electron chi connectivity index (χ3n) is 7.86. The molecule has 4 saturated carbocycles. The molecule has 1 aromatic rings. The minimum Gasteiger partial charge on any atom is -0.328 e. The number of rotatable bonds is 3. The maximum atomic E-state index is 13.2. The van der Waals surface area contributed by atoms with Crippen LogP contribution in [0, 0.1) is 23.2 Å². The molecular formula is C24H29N3O2S. The molecule has 1 aromatic carbocycles. The van der Waals surface area contributed by atoms with Crippen LogP contribution in [0.2, 0.25) is 0 Å². The van der Waals surface area contributed by atoms with Crippen LogP contribution in [-0.4, -0.2) is 23.0 Å². The molecule has 1 aliphatic heterocycles. The van der Waals surface area contributed by atoms with E-state index in [-0.39, 0.29) is 28.4 Å². The van der Waals surface area contributed by atoms with E-state index in [4.69, 9.17) is 12.2 Å². The standard InChI is InChI=1S/C24H29N3O2S/c1-14-15(2)27(19-6-4-3-5-7-19)21(28)20(14)25-23(30)26-22(29)24-11-16-8-17(12-24)10-18(9-16)13-24/h3-7,15-18H,8-13H2,1-2H3,(H2,25,26,29,30)/t15-,16?,17?,18?,24?/m0/s1. The molecule has 6 rings (SSSR count). The molecule has 4 bridgehead atoms. The van der Waals surface area contributed by atoms with Gasteiger partial charge < -0.3 is 15.5 Å². The van der Waals surface area contributed by atoms with E-state index in [9.17, 15) is 9.59 Å². The van der Waals surface area contributed by atoms with Gasteiger partial charge in [0, 0.05) is 5.69 Å². The third kappa shape index (κ3) is 3.16. The van der Waals surface area contributed by atoms with Crippen LogP contribution in [-0.2, 0) is 9.59 Å². The normalized spacial score (nSPS) is 34.5. The summed E-state index contributed by atoms with van der Waals surface area (Å²) in [7, 11) is 0. The van der Waals surface area contributed by atoms with Crippen LogP contribution < -0.4 is 15.5 Å². The van der Waals surface area contributed by atoms with Crippen molar-refractivity contribution in [3.63, 3.8) is 0 Å². The Morgan fingerprint density at radius 1 is 1.07 bits per heavy atom. The van der Waals surface area contributed by atoms with Crippen LogP contribution in [0.1, 0.15) is 52.4 Å². The number of carbonyl (C=O) groups excluding carboxylic acids is 2. The van der Waals surface area contributed by atoms with Crippen molar-refractivity contribution in [2.45, 2.75) is 58.4 Å². The van der Waals surface area contributed by atoms with Crippen molar-refractivity contribution in [3.05, 3.63) is 41.6 Å². The number of anilines is 1. The zero-order chi connectivity index (χ0) is 21.0. The first kappa shape index (κ1) is 19.7. The van der Waals surface area contributed by atoms with Crippen molar-refractivity contribution in [2.75, 3.05) is 4.90 Å². The number of hydrogen-bond acceptors (Lipinski definition) is 3. The lowest BCUT2D eigenvalue weighted by atomic mass is 9.49. The summed E-state index contributed by atoms with van der Waals surface area (Å²) in [6.45, 7) is 3.95. The molecular weight excluding hydrogens is 394 g/mol. The Balaban J connectivity index is 1.28. The number of hydrogen-bond donors (Lipinski definition) is 2. The van der Waals surface area contributed by atoms with Crippen molar-refractivity contribution in [3.8, 4) is 0 Å². The second-order valence-electron chi connectivity index (χ2n) is 9.85. The zero-order valence-electron chi connectivity index (χ0n) is 17.6. The van der Waals surface area contributed by atoms with E-state index in [1.54, 1.807) is 4.90 Å². The molecule has 0 unspecified atom stereocenters. The molecule has 6 heteroatoms. The maximum absolute atomic E-state index is 13.2. The molecule has 30 heavy (non-hydrogen) atoms. The first-order chi connectivity index (χ1) is 14.4. The van der Waals surface area contributed by atoms with Crippen molar-refractivity contribution in [2.24, 2.45) is 23.2 Å². The van der Waals surface area contributed by atoms with Crippen LogP contribution in [0.15, 0.2) is 41.6 Å². The topological polar surface area (TPSA) is 61.4 Å². The highest BCUT2D eigenvalue weighted by atomic mass is 32.1. The Kier molecular flexibility index (Phi) is 4.73. The summed E-state index contributed by atoms with van der Waals surface area (Å²) in [6, 6.07) is 9.57. The molecule has 5 nitrogen and oxygen atoms in total. The average Bonchev–Trinajstić information content (AvgIpc) is 2.91. The quantitative estimate of drug-likeness (QED) is 0.724. The lowest BCUT2D eigenvalue weighted by Crippen LogP contribution is -2.55. The summed E-state index contributed by atoms with van der Waals surface area (Å²) in [5.74, 6) is 2.04. The predicted octanol–water partition coefficient (Wildman–Crippen LogP) is 3.90. The number of carbonyl (C=O) groups is 2. The van der Waals surface area contributed by atoms with E-state index in [0.717, 1.165) is 30.5 Å². The van der Waals surface area contributed by atoms with Crippen LogP contribution in [0.3, 0.4) is 0 Å². The van der Waals surface area contributed by atoms with E-state index in [1.165, 1.54) is 19.3 Å². The second kappa shape index (κ2) is 7.19. The summed E-state index contributed by atoms with van der Waals surface area (Å²) in [4.78, 5) is 28.1. The van der Waals surface area contributed by atoms with Crippen LogP contribution >= 0.6 is 12.2 Å². The molecule has 2 amide bonds. The molecule has 4 fully saturated rings. The third-order valence-corrected chi connectivity index (χ3v) is 8.06. The number of benzene rings is 1. The molecule has 0 spiro atoms. The van der Waals surface area contributed by atoms with Gasteiger partial charge in [0.2, 0.25) is 5.91 Å². The molecule has 0 saturated heterocycles. The summed E-state index contributed by atoms with van der Waals surface area (Å²) < 4.78 is 0. The smallest absolute Gasteiger partial charge is 0.275 e. The summed E-state index contributed by atoms with van der Waals surface area (Å²) in [5.41, 5.74) is 2.00. The minimum atomic E-state index is -0.257. The lowest BCUT2D eigenvalue weighted by Gasteiger charge is -2.55. The van der Waals surface area contributed by atoms with E-state index < -0.39 is 0 Å². The van der Waals surface area contributed by atoms with Gasteiger partial charge >= 0.3 is 0 Å². The number of nitrogens with zero attached hydrogens (tertiary/aromatic N) is 1. The summed E-state index contributed by atoms with van der Waals surface area (Å²) in [5, 5.41) is 6.25. The van der Waals surface area contributed by atoms with Gasteiger partial charge in [-0.25, -0.2) is 0 Å². The highest BCUT2D eigenvalue weighted by Gasteiger charge is 2.54. The molecule has 5 aliphatic rings. The molecule has 2 N–H and O–H groups in total. The number of amides is 2. The molecule has 158 valence electrons. The van der Waals surface area contributed by atoms with E-state index >= 15 is 0 Å². The van der Waals surface area contributed by atoms with Crippen LogP contribution in [0.4, 0.5) is 5.69 Å². The van der Waals surface area contributed by atoms with Gasteiger partial charge in [0.25, 0.3) is 5.91 Å². The first-order valence-electron chi connectivity index (χ1n) is 11.1. The van der Waals surface area contributed by atoms with E-state index in [2.05, 4.69) is 10.6 Å². The van der Waals surface area contributed by atoms with Crippen molar-refractivity contribution in [1.82, 2.24) is 10.6 Å². The molecule has 0 aromatic heterocycles. The Morgan fingerprint density at radius 2 is 1.63 bits per heavy atom. The second-order valence-corrected chi connectivity index (χ2v) is 10.3. The fourth-order valence-electron chi connectivity index (χ4n) is 6.72.